The number of aromatic hydroxyl groups is 1. The average Bonchev–Trinajstić information content (AvgIpc) is 2.60. The highest BCUT2D eigenvalue weighted by Crippen LogP contribution is 2.57. The van der Waals surface area contributed by atoms with Gasteiger partial charge in [0, 0.05) is 23.5 Å². The van der Waals surface area contributed by atoms with Gasteiger partial charge in [-0.05, 0) is 19.4 Å². The third-order valence-electron chi connectivity index (χ3n) is 4.08. The number of hydrogen-bond acceptors (Lipinski definition) is 6. The molecule has 0 fully saturated rings. The molecule has 0 spiro atoms. The molecular formula is C16H20N2O8P2. The lowest BCUT2D eigenvalue weighted by Gasteiger charge is -2.26. The lowest BCUT2D eigenvalue weighted by molar-refractivity contribution is 0.188. The molecule has 0 radical (unpaired) electrons. The van der Waals surface area contributed by atoms with Crippen LogP contribution in [0.3, 0.4) is 0 Å². The number of pyridine rings is 1. The summed E-state index contributed by atoms with van der Waals surface area (Å²) in [6, 6.07) is 7.90. The lowest BCUT2D eigenvalue weighted by atomic mass is 10.1. The van der Waals surface area contributed by atoms with Crippen molar-refractivity contribution < 1.29 is 38.3 Å². The van der Waals surface area contributed by atoms with Crippen LogP contribution in [0.25, 0.3) is 0 Å². The second-order valence-corrected chi connectivity index (χ2v) is 9.28. The van der Waals surface area contributed by atoms with E-state index in [4.69, 9.17) is 9.79 Å². The molecule has 0 aliphatic rings. The summed E-state index contributed by atoms with van der Waals surface area (Å²) in [6.45, 7) is 2.14. The van der Waals surface area contributed by atoms with E-state index in [1.165, 1.54) is 32.2 Å². The summed E-state index contributed by atoms with van der Waals surface area (Å²) >= 11 is 0. The van der Waals surface area contributed by atoms with Gasteiger partial charge in [0.05, 0.1) is 12.3 Å². The van der Waals surface area contributed by atoms with Gasteiger partial charge in [-0.3, -0.25) is 19.1 Å². The summed E-state index contributed by atoms with van der Waals surface area (Å²) in [5.41, 5.74) is 0.504. The van der Waals surface area contributed by atoms with Crippen molar-refractivity contribution in [3.8, 4) is 5.75 Å². The summed E-state index contributed by atoms with van der Waals surface area (Å²) in [5.74, 6) is -0.350. The molecule has 10 nitrogen and oxygen atoms in total. The van der Waals surface area contributed by atoms with Crippen LogP contribution in [0.4, 0.5) is 0 Å². The van der Waals surface area contributed by atoms with Crippen LogP contribution in [0.1, 0.15) is 29.3 Å². The molecule has 0 saturated carbocycles. The smallest absolute Gasteiger partial charge is 0.469 e. The number of hydrogen-bond donors (Lipinski definition) is 5. The van der Waals surface area contributed by atoms with Crippen molar-refractivity contribution in [1.82, 2.24) is 4.98 Å². The van der Waals surface area contributed by atoms with Gasteiger partial charge in [-0.2, -0.15) is 0 Å². The van der Waals surface area contributed by atoms with Crippen molar-refractivity contribution in [2.24, 2.45) is 4.99 Å². The number of aliphatic imine (C=N–C) groups is 1. The Balaban J connectivity index is 2.55. The van der Waals surface area contributed by atoms with Crippen LogP contribution in [-0.4, -0.2) is 35.9 Å². The molecule has 0 saturated heterocycles. The number of nitrogens with zero attached hydrogens (tertiary/aromatic N) is 2. The summed E-state index contributed by atoms with van der Waals surface area (Å²) in [4.78, 5) is 45.4. The second-order valence-electron chi connectivity index (χ2n) is 6.08. The highest BCUT2D eigenvalue weighted by atomic mass is 31.2. The maximum Gasteiger partial charge on any atom is 0.469 e. The number of benzene rings is 1. The van der Waals surface area contributed by atoms with Crippen LogP contribution in [-0.2, 0) is 25.5 Å². The third-order valence-corrected chi connectivity index (χ3v) is 6.05. The van der Waals surface area contributed by atoms with E-state index in [9.17, 15) is 24.0 Å². The van der Waals surface area contributed by atoms with E-state index in [1.807, 2.05) is 0 Å². The molecule has 1 aromatic heterocycles. The molecule has 1 unspecified atom stereocenters. The van der Waals surface area contributed by atoms with E-state index in [-0.39, 0.29) is 28.1 Å². The zero-order chi connectivity index (χ0) is 21.2. The van der Waals surface area contributed by atoms with Crippen LogP contribution in [0.2, 0.25) is 0 Å². The zero-order valence-corrected chi connectivity index (χ0v) is 16.8. The van der Waals surface area contributed by atoms with Crippen molar-refractivity contribution in [1.29, 1.82) is 0 Å². The molecule has 152 valence electrons. The van der Waals surface area contributed by atoms with Crippen LogP contribution in [0.15, 0.2) is 41.5 Å². The number of phosphoric ester groups is 1. The van der Waals surface area contributed by atoms with Crippen LogP contribution in [0, 0.1) is 6.92 Å². The fourth-order valence-electron chi connectivity index (χ4n) is 2.33. The molecule has 1 aromatic carbocycles. The first kappa shape index (κ1) is 22.4. The summed E-state index contributed by atoms with van der Waals surface area (Å²) in [7, 11) is -9.56. The van der Waals surface area contributed by atoms with Crippen LogP contribution in [0.5, 0.6) is 5.75 Å². The summed E-state index contributed by atoms with van der Waals surface area (Å²) < 4.78 is 27.5. The minimum Gasteiger partial charge on any atom is -0.505 e. The molecule has 0 bridgehead atoms. The fourth-order valence-corrected chi connectivity index (χ4v) is 3.33. The minimum absolute atomic E-state index is 0.0171. The predicted octanol–water partition coefficient (Wildman–Crippen LogP) is 2.17. The predicted molar refractivity (Wildman–Crippen MR) is 101 cm³/mol. The van der Waals surface area contributed by atoms with Gasteiger partial charge in [0.1, 0.15) is 5.75 Å². The number of phosphoric acid groups is 1. The van der Waals surface area contributed by atoms with Gasteiger partial charge in [-0.15, -0.1) is 0 Å². The van der Waals surface area contributed by atoms with Gasteiger partial charge < -0.3 is 24.7 Å². The lowest BCUT2D eigenvalue weighted by Crippen LogP contribution is -2.20. The van der Waals surface area contributed by atoms with Gasteiger partial charge in [0.15, 0.2) is 5.28 Å². The molecular weight excluding hydrogens is 410 g/mol. The Kier molecular flexibility index (Phi) is 6.58. The third kappa shape index (κ3) is 5.12. The average molecular weight is 430 g/mol. The Morgan fingerprint density at radius 3 is 2.32 bits per heavy atom. The van der Waals surface area contributed by atoms with E-state index in [1.54, 1.807) is 18.2 Å². The van der Waals surface area contributed by atoms with Crippen molar-refractivity contribution in [2.75, 3.05) is 0 Å². The first-order chi connectivity index (χ1) is 12.8. The Morgan fingerprint density at radius 1 is 1.18 bits per heavy atom. The van der Waals surface area contributed by atoms with Crippen molar-refractivity contribution in [2.45, 2.75) is 25.7 Å². The maximum atomic E-state index is 12.1. The van der Waals surface area contributed by atoms with Crippen LogP contribution >= 0.6 is 15.4 Å². The van der Waals surface area contributed by atoms with E-state index in [0.29, 0.717) is 0 Å². The molecule has 0 amide bonds. The summed E-state index contributed by atoms with van der Waals surface area (Å²) in [6.07, 6.45) is 2.26. The number of aromatic nitrogens is 1. The first-order valence-electron chi connectivity index (χ1n) is 7.89. The largest absolute Gasteiger partial charge is 0.505 e. The molecule has 5 N–H and O–H groups in total. The monoisotopic (exact) mass is 430 g/mol. The van der Waals surface area contributed by atoms with Gasteiger partial charge in [-0.1, -0.05) is 30.3 Å². The molecule has 2 aromatic rings. The van der Waals surface area contributed by atoms with E-state index >= 15 is 0 Å². The Bertz CT molecular complexity index is 970. The molecule has 1 heterocycles. The summed E-state index contributed by atoms with van der Waals surface area (Å²) in [5, 5.41) is 8.34. The maximum absolute atomic E-state index is 12.1. The zero-order valence-electron chi connectivity index (χ0n) is 15.0. The highest BCUT2D eigenvalue weighted by molar-refractivity contribution is 7.53. The fraction of sp³-hybridized carbons (Fsp3) is 0.250. The number of rotatable bonds is 7. The topological polar surface area (TPSA) is 170 Å². The second kappa shape index (κ2) is 8.23. The number of aryl methyl sites for hydroxylation is 1. The Labute approximate surface area is 161 Å². The van der Waals surface area contributed by atoms with Crippen molar-refractivity contribution in [3.63, 3.8) is 0 Å². The van der Waals surface area contributed by atoms with Crippen molar-refractivity contribution in [3.05, 3.63) is 58.9 Å². The Hall–Kier alpha value is -1.90. The Morgan fingerprint density at radius 2 is 1.79 bits per heavy atom. The van der Waals surface area contributed by atoms with Gasteiger partial charge >= 0.3 is 15.4 Å². The molecule has 1 atom stereocenters. The minimum atomic E-state index is -4.78. The van der Waals surface area contributed by atoms with Gasteiger partial charge in [0.25, 0.3) is 0 Å². The van der Waals surface area contributed by atoms with Gasteiger partial charge in [-0.25, -0.2) is 4.57 Å². The molecule has 12 heteroatoms. The van der Waals surface area contributed by atoms with E-state index in [2.05, 4.69) is 14.5 Å². The first-order valence-corrected chi connectivity index (χ1v) is 11.0. The van der Waals surface area contributed by atoms with Crippen LogP contribution < -0.4 is 0 Å². The van der Waals surface area contributed by atoms with E-state index in [0.717, 1.165) is 6.21 Å². The standard InChI is InChI=1S/C16H20N2O8P2/c1-11-15(19)14(12(8-17-11)10-26-28(23,24)25)9-18-16(2,27(20,21)22)13-6-4-3-5-7-13/h3-9,19H,10H2,1-2H3,(H2,20,21,22)(H2,23,24,25). The van der Waals surface area contributed by atoms with Gasteiger partial charge in [0.2, 0.25) is 0 Å². The van der Waals surface area contributed by atoms with E-state index < -0.39 is 27.3 Å². The molecule has 2 rings (SSSR count). The molecule has 0 aliphatic carbocycles. The normalized spacial score (nSPS) is 14.9. The highest BCUT2D eigenvalue weighted by Gasteiger charge is 2.43. The van der Waals surface area contributed by atoms with Crippen molar-refractivity contribution >= 4 is 21.6 Å². The molecule has 28 heavy (non-hydrogen) atoms. The SMILES string of the molecule is Cc1ncc(COP(=O)(O)O)c(C=NC(C)(c2ccccc2)P(=O)(O)O)c1O. The molecule has 0 aliphatic heterocycles. The quantitative estimate of drug-likeness (QED) is 0.326.